The van der Waals surface area contributed by atoms with Gasteiger partial charge in [0.25, 0.3) is 0 Å². The van der Waals surface area contributed by atoms with Gasteiger partial charge in [0.2, 0.25) is 0 Å². The highest BCUT2D eigenvalue weighted by atomic mass is 35.5. The van der Waals surface area contributed by atoms with Crippen LogP contribution >= 0.6 is 12.4 Å². The van der Waals surface area contributed by atoms with Gasteiger partial charge in [0.05, 0.1) is 16.6 Å². The molecule has 2 aromatic heterocycles. The summed E-state index contributed by atoms with van der Waals surface area (Å²) in [6.07, 6.45) is 5.70. The lowest BCUT2D eigenvalue weighted by Gasteiger charge is -2.28. The Morgan fingerprint density at radius 1 is 1.16 bits per heavy atom. The number of fused-ring (bicyclic) bond motifs is 4. The first kappa shape index (κ1) is 16.2. The van der Waals surface area contributed by atoms with Crippen LogP contribution in [0.25, 0.3) is 16.7 Å². The molecule has 128 valence electrons. The van der Waals surface area contributed by atoms with E-state index >= 15 is 0 Å². The molecule has 0 bridgehead atoms. The average Bonchev–Trinajstić information content (AvgIpc) is 3.31. The number of para-hydroxylation sites is 2. The highest BCUT2D eigenvalue weighted by molar-refractivity contribution is 5.87. The maximum absolute atomic E-state index is 9.82. The van der Waals surface area contributed by atoms with Crippen LogP contribution in [0.3, 0.4) is 0 Å². The minimum absolute atomic E-state index is 0. The molecule has 0 saturated carbocycles. The summed E-state index contributed by atoms with van der Waals surface area (Å²) >= 11 is 0. The fourth-order valence-corrected chi connectivity index (χ4v) is 4.61. The van der Waals surface area contributed by atoms with Crippen molar-refractivity contribution in [3.05, 3.63) is 41.0 Å². The average molecular weight is 353 g/mol. The quantitative estimate of drug-likeness (QED) is 0.657. The zero-order valence-corrected chi connectivity index (χ0v) is 15.1. The van der Waals surface area contributed by atoms with E-state index in [0.717, 1.165) is 48.1 Å². The maximum atomic E-state index is 9.82. The Kier molecular flexibility index (Phi) is 3.85. The SMILES string of the molecule is CC1CCCN1c1c2c(c(C#N)c3nc4ccccc4n13)CCC2.Cl. The Morgan fingerprint density at radius 2 is 1.96 bits per heavy atom. The van der Waals surface area contributed by atoms with Crippen molar-refractivity contribution < 1.29 is 0 Å². The molecule has 0 spiro atoms. The van der Waals surface area contributed by atoms with Crippen LogP contribution in [0.4, 0.5) is 5.82 Å². The van der Waals surface area contributed by atoms with Crippen molar-refractivity contribution in [2.45, 2.75) is 45.1 Å². The van der Waals surface area contributed by atoms with Gasteiger partial charge >= 0.3 is 0 Å². The zero-order chi connectivity index (χ0) is 16.3. The summed E-state index contributed by atoms with van der Waals surface area (Å²) in [7, 11) is 0. The molecule has 1 fully saturated rings. The summed E-state index contributed by atoms with van der Waals surface area (Å²) in [5.41, 5.74) is 6.35. The van der Waals surface area contributed by atoms with Gasteiger partial charge in [0, 0.05) is 12.6 Å². The van der Waals surface area contributed by atoms with Gasteiger partial charge in [0.1, 0.15) is 11.9 Å². The van der Waals surface area contributed by atoms with E-state index in [9.17, 15) is 5.26 Å². The molecular formula is C20H21ClN4. The third-order valence-corrected chi connectivity index (χ3v) is 5.72. The van der Waals surface area contributed by atoms with Crippen molar-refractivity contribution >= 4 is 34.9 Å². The minimum Gasteiger partial charge on any atom is -0.355 e. The second-order valence-corrected chi connectivity index (χ2v) is 7.07. The standard InChI is InChI=1S/C20H20N4.ClH/c1-13-6-5-11-23(13)20-15-8-4-7-14(15)16(12-21)19-22-17-9-2-3-10-18(17)24(19)20;/h2-3,9-10,13H,4-8,11H2,1H3;1H. The summed E-state index contributed by atoms with van der Waals surface area (Å²) in [5.74, 6) is 1.30. The lowest BCUT2D eigenvalue weighted by molar-refractivity contribution is 0.720. The molecule has 1 aliphatic carbocycles. The smallest absolute Gasteiger partial charge is 0.157 e. The summed E-state index contributed by atoms with van der Waals surface area (Å²) in [6.45, 7) is 3.42. The fourth-order valence-electron chi connectivity index (χ4n) is 4.61. The van der Waals surface area contributed by atoms with Crippen molar-refractivity contribution in [2.75, 3.05) is 11.4 Å². The highest BCUT2D eigenvalue weighted by Gasteiger charge is 2.31. The second kappa shape index (κ2) is 5.93. The topological polar surface area (TPSA) is 44.3 Å². The first-order valence-corrected chi connectivity index (χ1v) is 8.91. The molecule has 1 aliphatic heterocycles. The molecule has 0 amide bonds. The molecule has 5 rings (SSSR count). The van der Waals surface area contributed by atoms with E-state index in [1.165, 1.54) is 29.8 Å². The number of nitrogens with zero attached hydrogens (tertiary/aromatic N) is 4. The second-order valence-electron chi connectivity index (χ2n) is 7.07. The van der Waals surface area contributed by atoms with E-state index in [1.54, 1.807) is 0 Å². The molecule has 0 radical (unpaired) electrons. The van der Waals surface area contributed by atoms with Gasteiger partial charge in [-0.1, -0.05) is 12.1 Å². The van der Waals surface area contributed by atoms with E-state index < -0.39 is 0 Å². The van der Waals surface area contributed by atoms with Gasteiger partial charge in [-0.15, -0.1) is 12.4 Å². The number of nitriles is 1. The van der Waals surface area contributed by atoms with E-state index in [-0.39, 0.29) is 12.4 Å². The van der Waals surface area contributed by atoms with Crippen LogP contribution in [-0.2, 0) is 12.8 Å². The largest absolute Gasteiger partial charge is 0.355 e. The third kappa shape index (κ3) is 2.15. The van der Waals surface area contributed by atoms with Crippen molar-refractivity contribution in [1.29, 1.82) is 5.26 Å². The van der Waals surface area contributed by atoms with Crippen molar-refractivity contribution in [2.24, 2.45) is 0 Å². The van der Waals surface area contributed by atoms with Crippen LogP contribution in [0.2, 0.25) is 0 Å². The number of imidazole rings is 1. The van der Waals surface area contributed by atoms with E-state index in [2.05, 4.69) is 34.4 Å². The Hall–Kier alpha value is -2.25. The van der Waals surface area contributed by atoms with Crippen LogP contribution < -0.4 is 4.90 Å². The van der Waals surface area contributed by atoms with Gasteiger partial charge in [-0.2, -0.15) is 5.26 Å². The van der Waals surface area contributed by atoms with Gasteiger partial charge < -0.3 is 4.90 Å². The predicted octanol–water partition coefficient (Wildman–Crippen LogP) is 4.26. The van der Waals surface area contributed by atoms with Gasteiger partial charge in [0.15, 0.2) is 5.65 Å². The lowest BCUT2D eigenvalue weighted by Crippen LogP contribution is -2.29. The third-order valence-electron chi connectivity index (χ3n) is 5.72. The van der Waals surface area contributed by atoms with Gasteiger partial charge in [-0.25, -0.2) is 4.98 Å². The molecule has 2 aliphatic rings. The first-order chi connectivity index (χ1) is 11.8. The Morgan fingerprint density at radius 3 is 2.72 bits per heavy atom. The number of anilines is 1. The number of benzene rings is 1. The predicted molar refractivity (Wildman–Crippen MR) is 103 cm³/mol. The van der Waals surface area contributed by atoms with Crippen molar-refractivity contribution in [1.82, 2.24) is 9.38 Å². The van der Waals surface area contributed by atoms with E-state index in [0.29, 0.717) is 6.04 Å². The fraction of sp³-hybridized carbons (Fsp3) is 0.400. The summed E-state index contributed by atoms with van der Waals surface area (Å²) in [4.78, 5) is 7.38. The molecular weight excluding hydrogens is 332 g/mol. The Labute approximate surface area is 153 Å². The van der Waals surface area contributed by atoms with Crippen molar-refractivity contribution in [3.63, 3.8) is 0 Å². The molecule has 3 aromatic rings. The summed E-state index contributed by atoms with van der Waals surface area (Å²) in [6, 6.07) is 11.3. The molecule has 1 saturated heterocycles. The first-order valence-electron chi connectivity index (χ1n) is 8.91. The monoisotopic (exact) mass is 352 g/mol. The lowest BCUT2D eigenvalue weighted by atomic mass is 10.0. The highest BCUT2D eigenvalue weighted by Crippen LogP contribution is 2.40. The van der Waals surface area contributed by atoms with Crippen LogP contribution in [0.5, 0.6) is 0 Å². The number of aromatic nitrogens is 2. The van der Waals surface area contributed by atoms with Crippen LogP contribution in [-0.4, -0.2) is 22.0 Å². The van der Waals surface area contributed by atoms with Crippen LogP contribution in [0.1, 0.15) is 42.9 Å². The number of hydrogen-bond acceptors (Lipinski definition) is 3. The molecule has 25 heavy (non-hydrogen) atoms. The Balaban J connectivity index is 0.00000157. The molecule has 0 N–H and O–H groups in total. The summed E-state index contributed by atoms with van der Waals surface area (Å²) < 4.78 is 2.26. The maximum Gasteiger partial charge on any atom is 0.157 e. The normalized spacial score (nSPS) is 19.2. The summed E-state index contributed by atoms with van der Waals surface area (Å²) in [5, 5.41) is 9.82. The van der Waals surface area contributed by atoms with E-state index in [1.807, 2.05) is 12.1 Å². The van der Waals surface area contributed by atoms with Crippen LogP contribution in [0.15, 0.2) is 24.3 Å². The van der Waals surface area contributed by atoms with E-state index in [4.69, 9.17) is 4.98 Å². The van der Waals surface area contributed by atoms with Gasteiger partial charge in [-0.3, -0.25) is 4.40 Å². The number of rotatable bonds is 1. The molecule has 5 heteroatoms. The molecule has 1 unspecified atom stereocenters. The zero-order valence-electron chi connectivity index (χ0n) is 14.3. The number of pyridine rings is 1. The van der Waals surface area contributed by atoms with Crippen molar-refractivity contribution in [3.8, 4) is 6.07 Å². The molecule has 4 nitrogen and oxygen atoms in total. The minimum atomic E-state index is 0. The Bertz CT molecular complexity index is 1010. The van der Waals surface area contributed by atoms with Gasteiger partial charge in [-0.05, 0) is 62.3 Å². The molecule has 1 atom stereocenters. The number of hydrogen-bond donors (Lipinski definition) is 0. The molecule has 3 heterocycles. The molecule has 1 aromatic carbocycles. The van der Waals surface area contributed by atoms with Crippen LogP contribution in [0, 0.1) is 11.3 Å². The number of halogens is 1.